The van der Waals surface area contributed by atoms with Crippen LogP contribution in [0.5, 0.6) is 0 Å². The number of amides is 1. The topological polar surface area (TPSA) is 55.1 Å². The molecule has 1 unspecified atom stereocenters. The van der Waals surface area contributed by atoms with Crippen molar-refractivity contribution in [3.8, 4) is 0 Å². The van der Waals surface area contributed by atoms with Crippen LogP contribution in [0.2, 0.25) is 0 Å². The first-order valence-corrected chi connectivity index (χ1v) is 12.5. The fraction of sp³-hybridized carbons (Fsp3) is 0.643. The second kappa shape index (κ2) is 9.03. The van der Waals surface area contributed by atoms with Crippen molar-refractivity contribution >= 4 is 11.6 Å². The SMILES string of the molecule is CCC(Cc1noc(C2CC(CC(C)(C)C)C2)c1C1CC1)C(=O)Nc1ccc(C)cc1C. The second-order valence-corrected chi connectivity index (χ2v) is 11.6. The van der Waals surface area contributed by atoms with Crippen molar-refractivity contribution in [3.63, 3.8) is 0 Å². The lowest BCUT2D eigenvalue weighted by Gasteiger charge is -2.38. The minimum atomic E-state index is -0.0961. The molecule has 2 aliphatic carbocycles. The van der Waals surface area contributed by atoms with Crippen LogP contribution < -0.4 is 5.32 Å². The molecule has 4 nitrogen and oxygen atoms in total. The first kappa shape index (κ1) is 23.1. The molecule has 1 N–H and O–H groups in total. The monoisotopic (exact) mass is 436 g/mol. The van der Waals surface area contributed by atoms with E-state index in [4.69, 9.17) is 4.52 Å². The van der Waals surface area contributed by atoms with Gasteiger partial charge in [0.1, 0.15) is 5.76 Å². The molecule has 1 aromatic carbocycles. The molecule has 0 spiro atoms. The number of nitrogens with zero attached hydrogens (tertiary/aromatic N) is 1. The van der Waals surface area contributed by atoms with Crippen LogP contribution in [0.3, 0.4) is 0 Å². The van der Waals surface area contributed by atoms with Crippen molar-refractivity contribution in [2.45, 2.75) is 98.3 Å². The second-order valence-electron chi connectivity index (χ2n) is 11.6. The van der Waals surface area contributed by atoms with E-state index in [0.717, 1.165) is 35.0 Å². The summed E-state index contributed by atoms with van der Waals surface area (Å²) < 4.78 is 5.97. The molecular formula is C28H40N2O2. The average Bonchev–Trinajstić information content (AvgIpc) is 3.44. The molecule has 4 rings (SSSR count). The van der Waals surface area contributed by atoms with E-state index in [0.29, 0.717) is 23.7 Å². The van der Waals surface area contributed by atoms with Crippen LogP contribution in [0.1, 0.15) is 106 Å². The third kappa shape index (κ3) is 5.27. The van der Waals surface area contributed by atoms with Gasteiger partial charge in [-0.2, -0.15) is 0 Å². The number of carbonyl (C=O) groups excluding carboxylic acids is 1. The zero-order valence-electron chi connectivity index (χ0n) is 20.8. The van der Waals surface area contributed by atoms with Gasteiger partial charge in [0, 0.05) is 29.5 Å². The number of nitrogens with one attached hydrogen (secondary N) is 1. The van der Waals surface area contributed by atoms with E-state index in [1.807, 2.05) is 19.1 Å². The van der Waals surface area contributed by atoms with Gasteiger partial charge in [-0.1, -0.05) is 50.5 Å². The summed E-state index contributed by atoms with van der Waals surface area (Å²) in [5, 5.41) is 7.69. The molecule has 32 heavy (non-hydrogen) atoms. The zero-order valence-corrected chi connectivity index (χ0v) is 20.8. The van der Waals surface area contributed by atoms with Crippen LogP contribution in [0.25, 0.3) is 0 Å². The van der Waals surface area contributed by atoms with Gasteiger partial charge in [-0.15, -0.1) is 0 Å². The average molecular weight is 437 g/mol. The van der Waals surface area contributed by atoms with Gasteiger partial charge in [0.2, 0.25) is 5.91 Å². The number of hydrogen-bond acceptors (Lipinski definition) is 3. The van der Waals surface area contributed by atoms with Crippen LogP contribution in [-0.4, -0.2) is 11.1 Å². The molecule has 2 fully saturated rings. The molecule has 4 heteroatoms. The molecule has 1 aromatic heterocycles. The van der Waals surface area contributed by atoms with Crippen LogP contribution in [-0.2, 0) is 11.2 Å². The lowest BCUT2D eigenvalue weighted by atomic mass is 9.67. The van der Waals surface area contributed by atoms with E-state index in [9.17, 15) is 4.79 Å². The van der Waals surface area contributed by atoms with Crippen LogP contribution in [0.15, 0.2) is 22.7 Å². The Labute approximate surface area is 193 Å². The summed E-state index contributed by atoms with van der Waals surface area (Å²) >= 11 is 0. The highest BCUT2D eigenvalue weighted by Crippen LogP contribution is 2.52. The number of hydrogen-bond donors (Lipinski definition) is 1. The van der Waals surface area contributed by atoms with E-state index in [1.54, 1.807) is 0 Å². The predicted molar refractivity (Wildman–Crippen MR) is 130 cm³/mol. The van der Waals surface area contributed by atoms with E-state index < -0.39 is 0 Å². The van der Waals surface area contributed by atoms with Gasteiger partial charge in [0.05, 0.1) is 5.69 Å². The molecule has 1 heterocycles. The Morgan fingerprint density at radius 1 is 1.19 bits per heavy atom. The highest BCUT2D eigenvalue weighted by Gasteiger charge is 2.41. The molecule has 0 bridgehead atoms. The third-order valence-electron chi connectivity index (χ3n) is 7.27. The van der Waals surface area contributed by atoms with Crippen molar-refractivity contribution < 1.29 is 9.32 Å². The zero-order chi connectivity index (χ0) is 23.0. The van der Waals surface area contributed by atoms with Crippen molar-refractivity contribution in [1.82, 2.24) is 5.16 Å². The Balaban J connectivity index is 1.44. The van der Waals surface area contributed by atoms with Crippen molar-refractivity contribution in [3.05, 3.63) is 46.3 Å². The van der Waals surface area contributed by atoms with Crippen LogP contribution in [0.4, 0.5) is 5.69 Å². The van der Waals surface area contributed by atoms with Gasteiger partial charge in [-0.3, -0.25) is 4.79 Å². The quantitative estimate of drug-likeness (QED) is 0.472. The van der Waals surface area contributed by atoms with E-state index in [-0.39, 0.29) is 11.8 Å². The standard InChI is InChI=1S/C28H40N2O2/c1-7-20(27(31)29-23-11-8-17(2)12-18(23)3)15-24-25(21-9-10-21)26(32-30-24)22-13-19(14-22)16-28(4,5)6/h8,11-12,19-22H,7,9-10,13-16H2,1-6H3,(H,29,31). The number of aromatic nitrogens is 1. The fourth-order valence-corrected chi connectivity index (χ4v) is 5.42. The fourth-order valence-electron chi connectivity index (χ4n) is 5.42. The third-order valence-corrected chi connectivity index (χ3v) is 7.27. The molecule has 2 aromatic rings. The number of anilines is 1. The first-order chi connectivity index (χ1) is 15.1. The Morgan fingerprint density at radius 2 is 1.91 bits per heavy atom. The summed E-state index contributed by atoms with van der Waals surface area (Å²) in [5.74, 6) is 3.03. The van der Waals surface area contributed by atoms with E-state index in [2.05, 4.69) is 51.2 Å². The highest BCUT2D eigenvalue weighted by molar-refractivity contribution is 5.93. The molecule has 2 saturated carbocycles. The van der Waals surface area contributed by atoms with Crippen molar-refractivity contribution in [1.29, 1.82) is 0 Å². The highest BCUT2D eigenvalue weighted by atomic mass is 16.5. The largest absolute Gasteiger partial charge is 0.361 e. The van der Waals surface area contributed by atoms with Gasteiger partial charge in [0.25, 0.3) is 0 Å². The van der Waals surface area contributed by atoms with E-state index in [1.165, 1.54) is 43.2 Å². The normalized spacial score (nSPS) is 21.8. The summed E-state index contributed by atoms with van der Waals surface area (Å²) in [6.07, 6.45) is 7.63. The van der Waals surface area contributed by atoms with Gasteiger partial charge < -0.3 is 9.84 Å². The maximum absolute atomic E-state index is 13.1. The lowest BCUT2D eigenvalue weighted by molar-refractivity contribution is -0.120. The van der Waals surface area contributed by atoms with Crippen molar-refractivity contribution in [2.24, 2.45) is 17.3 Å². The first-order valence-electron chi connectivity index (χ1n) is 12.5. The summed E-state index contributed by atoms with van der Waals surface area (Å²) in [5.41, 5.74) is 5.98. The predicted octanol–water partition coefficient (Wildman–Crippen LogP) is 7.31. The molecule has 1 amide bonds. The Morgan fingerprint density at radius 3 is 2.50 bits per heavy atom. The van der Waals surface area contributed by atoms with Crippen LogP contribution in [0, 0.1) is 31.1 Å². The van der Waals surface area contributed by atoms with Gasteiger partial charge in [0.15, 0.2) is 0 Å². The lowest BCUT2D eigenvalue weighted by Crippen LogP contribution is -2.27. The summed E-state index contributed by atoms with van der Waals surface area (Å²) in [7, 11) is 0. The minimum Gasteiger partial charge on any atom is -0.361 e. The molecule has 0 radical (unpaired) electrons. The van der Waals surface area contributed by atoms with Gasteiger partial charge >= 0.3 is 0 Å². The van der Waals surface area contributed by atoms with Gasteiger partial charge in [-0.05, 0) is 81.3 Å². The van der Waals surface area contributed by atoms with Crippen LogP contribution >= 0.6 is 0 Å². The van der Waals surface area contributed by atoms with E-state index >= 15 is 0 Å². The maximum Gasteiger partial charge on any atom is 0.227 e. The molecule has 1 atom stereocenters. The number of carbonyl (C=O) groups is 1. The Hall–Kier alpha value is -2.10. The molecule has 2 aliphatic rings. The summed E-state index contributed by atoms with van der Waals surface area (Å²) in [6.45, 7) is 13.2. The van der Waals surface area contributed by atoms with Crippen molar-refractivity contribution in [2.75, 3.05) is 5.32 Å². The molecule has 0 saturated heterocycles. The van der Waals surface area contributed by atoms with Gasteiger partial charge in [-0.25, -0.2) is 0 Å². The number of rotatable bonds is 8. The summed E-state index contributed by atoms with van der Waals surface area (Å²) in [4.78, 5) is 13.1. The molecule has 174 valence electrons. The Bertz CT molecular complexity index is 958. The number of benzene rings is 1. The molecule has 0 aliphatic heterocycles. The number of aryl methyl sites for hydroxylation is 2. The minimum absolute atomic E-state index is 0.0830. The Kier molecular flexibility index (Phi) is 6.51. The maximum atomic E-state index is 13.1. The summed E-state index contributed by atoms with van der Waals surface area (Å²) in [6, 6.07) is 6.16. The molecular weight excluding hydrogens is 396 g/mol. The smallest absolute Gasteiger partial charge is 0.227 e.